The molecule has 3 rings (SSSR count). The minimum atomic E-state index is 0.00325. The molecule has 0 aliphatic carbocycles. The van der Waals surface area contributed by atoms with Gasteiger partial charge in [0.1, 0.15) is 25.7 Å². The average Bonchev–Trinajstić information content (AvgIpc) is 2.74. The van der Waals surface area contributed by atoms with Crippen molar-refractivity contribution in [3.05, 3.63) is 52.3 Å². The molecule has 2 heterocycles. The van der Waals surface area contributed by atoms with Crippen molar-refractivity contribution in [2.45, 2.75) is 44.8 Å². The predicted octanol–water partition coefficient (Wildman–Crippen LogP) is 1.83. The molecule has 1 aliphatic heterocycles. The van der Waals surface area contributed by atoms with Gasteiger partial charge in [-0.2, -0.15) is 0 Å². The topological polar surface area (TPSA) is 68.5 Å². The predicted molar refractivity (Wildman–Crippen MR) is 120 cm³/mol. The first kappa shape index (κ1) is 22.7. The number of hydrogen-bond donors (Lipinski definition) is 2. The van der Waals surface area contributed by atoms with Crippen LogP contribution >= 0.6 is 11.8 Å². The molecule has 0 radical (unpaired) electrons. The Bertz CT molecular complexity index is 828. The number of amides is 1. The summed E-state index contributed by atoms with van der Waals surface area (Å²) in [5, 5.41) is 4.07. The third-order valence-electron chi connectivity index (χ3n) is 5.69. The molecule has 1 aliphatic rings. The molecule has 0 saturated carbocycles. The number of benzene rings is 1. The number of nitrogens with one attached hydrogen (secondary N) is 2. The summed E-state index contributed by atoms with van der Waals surface area (Å²) >= 11 is 1.54. The van der Waals surface area contributed by atoms with Gasteiger partial charge in [0.2, 0.25) is 5.91 Å². The first-order valence-corrected chi connectivity index (χ1v) is 11.8. The zero-order valence-electron chi connectivity index (χ0n) is 18.5. The highest BCUT2D eigenvalue weighted by Crippen LogP contribution is 2.18. The summed E-state index contributed by atoms with van der Waals surface area (Å²) in [6.07, 6.45) is 3.07. The summed E-state index contributed by atoms with van der Waals surface area (Å²) in [5.74, 6) is 0.0703. The van der Waals surface area contributed by atoms with Crippen LogP contribution in [0.3, 0.4) is 0 Å². The van der Waals surface area contributed by atoms with Gasteiger partial charge >= 0.3 is 0 Å². The molecule has 6 nitrogen and oxygen atoms in total. The molecule has 1 atom stereocenters. The fourth-order valence-electron chi connectivity index (χ4n) is 3.87. The highest BCUT2D eigenvalue weighted by atomic mass is 32.2. The summed E-state index contributed by atoms with van der Waals surface area (Å²) < 4.78 is 5.49. The van der Waals surface area contributed by atoms with E-state index >= 15 is 0 Å². The molecule has 1 saturated heterocycles. The van der Waals surface area contributed by atoms with Crippen molar-refractivity contribution in [1.29, 1.82) is 0 Å². The quantitative estimate of drug-likeness (QED) is 0.495. The molecule has 2 aromatic rings. The number of thioether (sulfide) groups is 1. The molecule has 1 aromatic carbocycles. The summed E-state index contributed by atoms with van der Waals surface area (Å²) in [6.45, 7) is 10.5. The van der Waals surface area contributed by atoms with Gasteiger partial charge in [-0.15, -0.1) is 0 Å². The molecule has 1 aromatic heterocycles. The Kier molecular flexibility index (Phi) is 8.24. The van der Waals surface area contributed by atoms with Crippen LogP contribution in [0.2, 0.25) is 0 Å². The Morgan fingerprint density at radius 1 is 1.13 bits per heavy atom. The number of aromatic nitrogens is 2. The van der Waals surface area contributed by atoms with E-state index in [1.165, 1.54) is 10.5 Å². The normalized spacial score (nSPS) is 15.7. The largest absolute Gasteiger partial charge is 0.370 e. The third kappa shape index (κ3) is 6.27. The second kappa shape index (κ2) is 10.9. The second-order valence-electron chi connectivity index (χ2n) is 7.96. The first-order valence-electron chi connectivity index (χ1n) is 10.6. The monoisotopic (exact) mass is 429 g/mol. The number of carbonyl (C=O) groups is 1. The lowest BCUT2D eigenvalue weighted by Crippen LogP contribution is -3.14. The van der Waals surface area contributed by atoms with Gasteiger partial charge < -0.3 is 15.0 Å². The number of hydrogen-bond acceptors (Lipinski definition) is 5. The second-order valence-corrected chi connectivity index (χ2v) is 8.73. The standard InChI is InChI=1S/C23H32N4O2S/c1-16-5-7-19(8-6-16)21(15-27-11-13-29-14-12-27)26-22(28)10-9-20-17(2)24-23(30-4)25-18(20)3/h5-8,21H,9-15H2,1-4H3,(H,26,28)/p+1/t21-/m1/s1. The molecule has 0 unspecified atom stereocenters. The van der Waals surface area contributed by atoms with E-state index in [0.717, 1.165) is 60.5 Å². The molecule has 2 N–H and O–H groups in total. The summed E-state index contributed by atoms with van der Waals surface area (Å²) in [7, 11) is 0. The number of ether oxygens (including phenoxy) is 1. The van der Waals surface area contributed by atoms with Gasteiger partial charge in [0.25, 0.3) is 0 Å². The van der Waals surface area contributed by atoms with Crippen LogP contribution in [0.5, 0.6) is 0 Å². The van der Waals surface area contributed by atoms with E-state index in [1.807, 2.05) is 20.1 Å². The fourth-order valence-corrected chi connectivity index (χ4v) is 4.33. The molecule has 0 bridgehead atoms. The minimum Gasteiger partial charge on any atom is -0.370 e. The zero-order valence-corrected chi connectivity index (χ0v) is 19.3. The van der Waals surface area contributed by atoms with Gasteiger partial charge in [0, 0.05) is 17.8 Å². The highest BCUT2D eigenvalue weighted by molar-refractivity contribution is 7.98. The Hall–Kier alpha value is -1.96. The van der Waals surface area contributed by atoms with Gasteiger partial charge in [-0.1, -0.05) is 41.6 Å². The Labute approximate surface area is 183 Å². The maximum Gasteiger partial charge on any atom is 0.221 e. The van der Waals surface area contributed by atoms with E-state index in [0.29, 0.717) is 12.8 Å². The number of carbonyl (C=O) groups excluding carboxylic acids is 1. The van der Waals surface area contributed by atoms with Crippen molar-refractivity contribution in [2.75, 3.05) is 39.1 Å². The summed E-state index contributed by atoms with van der Waals surface area (Å²) in [6, 6.07) is 8.48. The first-order chi connectivity index (χ1) is 14.5. The lowest BCUT2D eigenvalue weighted by atomic mass is 10.0. The van der Waals surface area contributed by atoms with Gasteiger partial charge in [-0.3, -0.25) is 4.79 Å². The van der Waals surface area contributed by atoms with E-state index < -0.39 is 0 Å². The third-order valence-corrected chi connectivity index (χ3v) is 6.24. The van der Waals surface area contributed by atoms with Crippen LogP contribution in [0, 0.1) is 20.8 Å². The van der Waals surface area contributed by atoms with Gasteiger partial charge in [-0.25, -0.2) is 9.97 Å². The van der Waals surface area contributed by atoms with E-state index in [4.69, 9.17) is 4.74 Å². The maximum atomic E-state index is 12.9. The van der Waals surface area contributed by atoms with Crippen LogP contribution in [0.15, 0.2) is 29.4 Å². The molecule has 30 heavy (non-hydrogen) atoms. The number of quaternary nitrogens is 1. The smallest absolute Gasteiger partial charge is 0.221 e. The molecular formula is C23H33N4O2S+. The van der Waals surface area contributed by atoms with Crippen LogP contribution in [-0.2, 0) is 16.0 Å². The number of rotatable bonds is 8. The van der Waals surface area contributed by atoms with E-state index in [9.17, 15) is 4.79 Å². The summed E-state index contributed by atoms with van der Waals surface area (Å²) in [4.78, 5) is 23.4. The van der Waals surface area contributed by atoms with Crippen LogP contribution in [0.1, 0.15) is 40.5 Å². The highest BCUT2D eigenvalue weighted by Gasteiger charge is 2.23. The molecular weight excluding hydrogens is 396 g/mol. The molecule has 7 heteroatoms. The van der Waals surface area contributed by atoms with E-state index in [2.05, 4.69) is 46.5 Å². The van der Waals surface area contributed by atoms with Crippen LogP contribution < -0.4 is 10.2 Å². The molecule has 0 spiro atoms. The van der Waals surface area contributed by atoms with E-state index in [1.54, 1.807) is 11.8 Å². The minimum absolute atomic E-state index is 0.00325. The van der Waals surface area contributed by atoms with Crippen molar-refractivity contribution in [3.8, 4) is 0 Å². The SMILES string of the molecule is CSc1nc(C)c(CCC(=O)N[C@H](C[NH+]2CCOCC2)c2ccc(C)cc2)c(C)n1. The van der Waals surface area contributed by atoms with Crippen LogP contribution in [0.25, 0.3) is 0 Å². The zero-order chi connectivity index (χ0) is 21.5. The van der Waals surface area contributed by atoms with Crippen molar-refractivity contribution >= 4 is 17.7 Å². The maximum absolute atomic E-state index is 12.9. The van der Waals surface area contributed by atoms with Gasteiger partial charge in [0.05, 0.1) is 13.2 Å². The fraction of sp³-hybridized carbons (Fsp3) is 0.522. The van der Waals surface area contributed by atoms with Crippen molar-refractivity contribution < 1.29 is 14.4 Å². The Morgan fingerprint density at radius 2 is 1.77 bits per heavy atom. The summed E-state index contributed by atoms with van der Waals surface area (Å²) in [5.41, 5.74) is 5.39. The lowest BCUT2D eigenvalue weighted by Gasteiger charge is -2.28. The number of morpholine rings is 1. The van der Waals surface area contributed by atoms with Gasteiger partial charge in [-0.05, 0) is 44.6 Å². The average molecular weight is 430 g/mol. The Balaban J connectivity index is 1.66. The number of aryl methyl sites for hydroxylation is 3. The molecule has 1 fully saturated rings. The van der Waals surface area contributed by atoms with Crippen LogP contribution in [-0.4, -0.2) is 55.0 Å². The molecule has 1 amide bonds. The molecule has 162 valence electrons. The van der Waals surface area contributed by atoms with Crippen LogP contribution in [0.4, 0.5) is 0 Å². The Morgan fingerprint density at radius 3 is 2.37 bits per heavy atom. The van der Waals surface area contributed by atoms with Crippen molar-refractivity contribution in [2.24, 2.45) is 0 Å². The van der Waals surface area contributed by atoms with Crippen molar-refractivity contribution in [1.82, 2.24) is 15.3 Å². The number of nitrogens with zero attached hydrogens (tertiary/aromatic N) is 2. The van der Waals surface area contributed by atoms with Gasteiger partial charge in [0.15, 0.2) is 5.16 Å². The van der Waals surface area contributed by atoms with E-state index in [-0.39, 0.29) is 11.9 Å². The lowest BCUT2D eigenvalue weighted by molar-refractivity contribution is -0.909. The van der Waals surface area contributed by atoms with Crippen molar-refractivity contribution in [3.63, 3.8) is 0 Å².